The van der Waals surface area contributed by atoms with E-state index in [9.17, 15) is 13.2 Å². The van der Waals surface area contributed by atoms with Gasteiger partial charge in [0, 0.05) is 55.0 Å². The molecule has 0 atom stereocenters. The minimum absolute atomic E-state index is 0.0846. The second-order valence-electron chi connectivity index (χ2n) is 10.5. The molecule has 1 aliphatic heterocycles. The molecule has 0 spiro atoms. The number of nitrogens with one attached hydrogen (secondary N) is 2. The van der Waals surface area contributed by atoms with Gasteiger partial charge >= 0.3 is 6.03 Å². The van der Waals surface area contributed by atoms with E-state index in [1.54, 1.807) is 24.3 Å². The molecule has 3 aromatic carbocycles. The van der Waals surface area contributed by atoms with Gasteiger partial charge in [-0.1, -0.05) is 36.4 Å². The number of para-hydroxylation sites is 1. The van der Waals surface area contributed by atoms with E-state index in [2.05, 4.69) is 19.9 Å². The first-order valence-electron chi connectivity index (χ1n) is 13.9. The van der Waals surface area contributed by atoms with Crippen LogP contribution in [0.1, 0.15) is 24.0 Å². The van der Waals surface area contributed by atoms with Crippen molar-refractivity contribution in [2.24, 2.45) is 0 Å². The monoisotopic (exact) mass is 585 g/mol. The largest absolute Gasteiger partial charge is 0.439 e. The van der Waals surface area contributed by atoms with Gasteiger partial charge in [-0.2, -0.15) is 0 Å². The molecule has 0 bridgehead atoms. The summed E-state index contributed by atoms with van der Waals surface area (Å²) in [5.41, 5.74) is 4.32. The number of amides is 2. The van der Waals surface area contributed by atoms with Crippen molar-refractivity contribution in [3.63, 3.8) is 0 Å². The van der Waals surface area contributed by atoms with Crippen molar-refractivity contribution in [3.05, 3.63) is 108 Å². The average molecular weight is 586 g/mol. The zero-order chi connectivity index (χ0) is 29.5. The van der Waals surface area contributed by atoms with Crippen LogP contribution in [0.25, 0.3) is 0 Å². The predicted molar refractivity (Wildman–Crippen MR) is 167 cm³/mol. The lowest BCUT2D eigenvalue weighted by Crippen LogP contribution is -2.49. The lowest BCUT2D eigenvalue weighted by Gasteiger charge is -2.38. The highest BCUT2D eigenvalue weighted by Crippen LogP contribution is 2.27. The number of rotatable bonds is 9. The van der Waals surface area contributed by atoms with Crippen LogP contribution < -0.4 is 19.7 Å². The number of likely N-dealkylation sites (tertiary alicyclic amines) is 1. The number of hydrogen-bond donors (Lipinski definition) is 2. The normalized spacial score (nSPS) is 14.2. The van der Waals surface area contributed by atoms with Crippen molar-refractivity contribution >= 4 is 33.1 Å². The Labute approximate surface area is 247 Å². The highest BCUT2D eigenvalue weighted by atomic mass is 32.2. The standard InChI is InChI=1S/C32H35N5O4S/c1-24-7-6-8-27(21-24)34-32(38)37(28-9-4-3-5-10-28)29-17-19-36(20-18-29)23-25-11-16-31(33-22-25)41-30-14-12-26(13-15-30)35-42(2,39)40/h3-16,21-22,29,35H,17-20,23H2,1-2H3,(H,34,38). The van der Waals surface area contributed by atoms with E-state index in [1.807, 2.05) is 84.8 Å². The minimum Gasteiger partial charge on any atom is -0.439 e. The summed E-state index contributed by atoms with van der Waals surface area (Å²) in [6, 6.07) is 28.1. The fourth-order valence-electron chi connectivity index (χ4n) is 5.07. The van der Waals surface area contributed by atoms with E-state index >= 15 is 0 Å². The molecule has 1 aromatic heterocycles. The fourth-order valence-corrected chi connectivity index (χ4v) is 5.64. The Morgan fingerprint density at radius 1 is 0.952 bits per heavy atom. The van der Waals surface area contributed by atoms with Crippen LogP contribution in [0.15, 0.2) is 97.2 Å². The number of sulfonamides is 1. The second-order valence-corrected chi connectivity index (χ2v) is 12.3. The van der Waals surface area contributed by atoms with E-state index in [1.165, 1.54) is 0 Å². The van der Waals surface area contributed by atoms with Gasteiger partial charge in [0.2, 0.25) is 15.9 Å². The van der Waals surface area contributed by atoms with Gasteiger partial charge in [0.05, 0.1) is 6.26 Å². The molecule has 0 aliphatic carbocycles. The number of aromatic nitrogens is 1. The maximum absolute atomic E-state index is 13.5. The molecule has 1 saturated heterocycles. The lowest BCUT2D eigenvalue weighted by atomic mass is 10.0. The molecule has 0 radical (unpaired) electrons. The van der Waals surface area contributed by atoms with Crippen LogP contribution in [0, 0.1) is 6.92 Å². The van der Waals surface area contributed by atoms with Crippen molar-refractivity contribution in [3.8, 4) is 11.6 Å². The van der Waals surface area contributed by atoms with Crippen LogP contribution in [0.5, 0.6) is 11.6 Å². The Bertz CT molecular complexity index is 1590. The number of aryl methyl sites for hydroxylation is 1. The van der Waals surface area contributed by atoms with Gasteiger partial charge in [0.25, 0.3) is 0 Å². The number of carbonyl (C=O) groups excluding carboxylic acids is 1. The summed E-state index contributed by atoms with van der Waals surface area (Å²) >= 11 is 0. The Kier molecular flexibility index (Phi) is 9.04. The van der Waals surface area contributed by atoms with E-state index in [0.717, 1.165) is 61.2 Å². The van der Waals surface area contributed by atoms with Crippen molar-refractivity contribution in [2.75, 3.05) is 34.3 Å². The molecular formula is C32H35N5O4S. The van der Waals surface area contributed by atoms with Crippen LogP contribution in [0.2, 0.25) is 0 Å². The number of piperidine rings is 1. The number of nitrogens with zero attached hydrogens (tertiary/aromatic N) is 3. The average Bonchev–Trinajstić information content (AvgIpc) is 2.96. The summed E-state index contributed by atoms with van der Waals surface area (Å²) in [5, 5.41) is 3.09. The van der Waals surface area contributed by atoms with Crippen molar-refractivity contribution in [2.45, 2.75) is 32.4 Å². The van der Waals surface area contributed by atoms with Crippen LogP contribution in [-0.2, 0) is 16.6 Å². The van der Waals surface area contributed by atoms with E-state index < -0.39 is 10.0 Å². The van der Waals surface area contributed by atoms with Gasteiger partial charge in [0.1, 0.15) is 5.75 Å². The van der Waals surface area contributed by atoms with Gasteiger partial charge in [-0.3, -0.25) is 14.5 Å². The number of anilines is 3. The molecule has 218 valence electrons. The second kappa shape index (κ2) is 13.1. The third kappa shape index (κ3) is 8.08. The summed E-state index contributed by atoms with van der Waals surface area (Å²) in [6.45, 7) is 4.49. The molecule has 2 N–H and O–H groups in total. The van der Waals surface area contributed by atoms with Crippen LogP contribution in [0.4, 0.5) is 21.9 Å². The van der Waals surface area contributed by atoms with Crippen molar-refractivity contribution < 1.29 is 17.9 Å². The molecule has 4 aromatic rings. The molecule has 1 aliphatic rings. The van der Waals surface area contributed by atoms with Crippen molar-refractivity contribution in [1.82, 2.24) is 9.88 Å². The lowest BCUT2D eigenvalue weighted by molar-refractivity contribution is 0.199. The zero-order valence-corrected chi connectivity index (χ0v) is 24.5. The minimum atomic E-state index is -3.33. The smallest absolute Gasteiger partial charge is 0.326 e. The molecule has 0 unspecified atom stereocenters. The highest BCUT2D eigenvalue weighted by Gasteiger charge is 2.29. The van der Waals surface area contributed by atoms with Gasteiger partial charge in [-0.25, -0.2) is 18.2 Å². The molecule has 42 heavy (non-hydrogen) atoms. The quantitative estimate of drug-likeness (QED) is 0.240. The Hall–Kier alpha value is -4.41. The van der Waals surface area contributed by atoms with Gasteiger partial charge in [-0.05, 0) is 79.4 Å². The molecule has 2 amide bonds. The van der Waals surface area contributed by atoms with E-state index in [0.29, 0.717) is 17.3 Å². The van der Waals surface area contributed by atoms with Crippen LogP contribution in [0.3, 0.4) is 0 Å². The first kappa shape index (κ1) is 29.1. The first-order chi connectivity index (χ1) is 20.2. The highest BCUT2D eigenvalue weighted by molar-refractivity contribution is 7.92. The predicted octanol–water partition coefficient (Wildman–Crippen LogP) is 6.26. The van der Waals surface area contributed by atoms with Gasteiger partial charge in [0.15, 0.2) is 0 Å². The number of carbonyl (C=O) groups is 1. The Morgan fingerprint density at radius 3 is 2.33 bits per heavy atom. The first-order valence-corrected chi connectivity index (χ1v) is 15.8. The number of benzene rings is 3. The summed E-state index contributed by atoms with van der Waals surface area (Å²) in [7, 11) is -3.33. The topological polar surface area (TPSA) is 104 Å². The maximum Gasteiger partial charge on any atom is 0.326 e. The number of pyridine rings is 1. The number of hydrogen-bond acceptors (Lipinski definition) is 6. The summed E-state index contributed by atoms with van der Waals surface area (Å²) < 4.78 is 31.0. The molecule has 10 heteroatoms. The Balaban J connectivity index is 1.16. The van der Waals surface area contributed by atoms with Gasteiger partial charge < -0.3 is 10.1 Å². The third-order valence-electron chi connectivity index (χ3n) is 7.03. The molecule has 9 nitrogen and oxygen atoms in total. The maximum atomic E-state index is 13.5. The van der Waals surface area contributed by atoms with Gasteiger partial charge in [-0.15, -0.1) is 0 Å². The van der Waals surface area contributed by atoms with Crippen LogP contribution in [-0.4, -0.2) is 49.7 Å². The number of urea groups is 1. The zero-order valence-electron chi connectivity index (χ0n) is 23.7. The summed E-state index contributed by atoms with van der Waals surface area (Å²) in [5.74, 6) is 1.02. The molecular weight excluding hydrogens is 550 g/mol. The molecule has 1 fully saturated rings. The Morgan fingerprint density at radius 2 is 1.69 bits per heavy atom. The van der Waals surface area contributed by atoms with E-state index in [-0.39, 0.29) is 12.1 Å². The van der Waals surface area contributed by atoms with Crippen molar-refractivity contribution in [1.29, 1.82) is 0 Å². The summed E-state index contributed by atoms with van der Waals surface area (Å²) in [6.07, 6.45) is 4.63. The fraction of sp³-hybridized carbons (Fsp3) is 0.250. The van der Waals surface area contributed by atoms with E-state index in [4.69, 9.17) is 4.74 Å². The number of ether oxygens (including phenoxy) is 1. The molecule has 0 saturated carbocycles. The molecule has 2 heterocycles. The SMILES string of the molecule is Cc1cccc(NC(=O)N(c2ccccc2)C2CCN(Cc3ccc(Oc4ccc(NS(C)(=O)=O)cc4)nc3)CC2)c1. The van der Waals surface area contributed by atoms with Crippen LogP contribution >= 0.6 is 0 Å². The molecule has 5 rings (SSSR count). The summed E-state index contributed by atoms with van der Waals surface area (Å²) in [4.78, 5) is 22.2. The third-order valence-corrected chi connectivity index (χ3v) is 7.64.